The van der Waals surface area contributed by atoms with Gasteiger partial charge in [-0.05, 0) is 55.6 Å². The lowest BCUT2D eigenvalue weighted by Gasteiger charge is -2.09. The van der Waals surface area contributed by atoms with E-state index >= 15 is 0 Å². The van der Waals surface area contributed by atoms with Gasteiger partial charge in [0.1, 0.15) is 18.1 Å². The summed E-state index contributed by atoms with van der Waals surface area (Å²) in [5.41, 5.74) is 0.790. The standard InChI is InChI=1S/C21H24N4O3S2/c1-4-25-19(13-28-17-10-8-16(27-2)9-11-17)23-24-21(25)30-14-20(26)22-15-6-5-7-18(12-15)29-3/h5-12H,4,13-14H2,1-3H3,(H,22,26). The third-order valence-corrected chi connectivity index (χ3v) is 5.92. The molecule has 1 amide bonds. The number of hydrogen-bond acceptors (Lipinski definition) is 7. The molecular formula is C21H24N4O3S2. The quantitative estimate of drug-likeness (QED) is 0.466. The summed E-state index contributed by atoms with van der Waals surface area (Å²) in [6.07, 6.45) is 2.00. The van der Waals surface area contributed by atoms with Crippen molar-refractivity contribution in [3.63, 3.8) is 0 Å². The third-order valence-electron chi connectivity index (χ3n) is 4.22. The molecule has 9 heteroatoms. The lowest BCUT2D eigenvalue weighted by molar-refractivity contribution is -0.113. The van der Waals surface area contributed by atoms with E-state index in [0.717, 1.165) is 22.1 Å². The Balaban J connectivity index is 1.55. The second-order valence-electron chi connectivity index (χ2n) is 6.18. The van der Waals surface area contributed by atoms with Gasteiger partial charge < -0.3 is 19.4 Å². The molecule has 2 aromatic carbocycles. The molecule has 0 saturated heterocycles. The number of nitrogens with one attached hydrogen (secondary N) is 1. The van der Waals surface area contributed by atoms with Crippen molar-refractivity contribution in [2.75, 3.05) is 24.4 Å². The number of anilines is 1. The molecule has 1 N–H and O–H groups in total. The number of benzene rings is 2. The number of amides is 1. The summed E-state index contributed by atoms with van der Waals surface area (Å²) in [5, 5.41) is 12.1. The van der Waals surface area contributed by atoms with Crippen LogP contribution in [0.1, 0.15) is 12.7 Å². The topological polar surface area (TPSA) is 78.3 Å². The molecule has 158 valence electrons. The average molecular weight is 445 g/mol. The molecule has 0 unspecified atom stereocenters. The molecule has 0 radical (unpaired) electrons. The van der Waals surface area contributed by atoms with Crippen LogP contribution in [0.5, 0.6) is 11.5 Å². The molecule has 0 aliphatic carbocycles. The van der Waals surface area contributed by atoms with Gasteiger partial charge in [-0.15, -0.1) is 22.0 Å². The summed E-state index contributed by atoms with van der Waals surface area (Å²) in [6, 6.07) is 15.1. The fourth-order valence-corrected chi connectivity index (χ4v) is 3.98. The minimum Gasteiger partial charge on any atom is -0.497 e. The molecule has 0 aliphatic heterocycles. The van der Waals surface area contributed by atoms with E-state index in [1.165, 1.54) is 11.8 Å². The van der Waals surface area contributed by atoms with E-state index in [1.807, 2.05) is 66.3 Å². The molecule has 1 aromatic heterocycles. The molecule has 0 fully saturated rings. The van der Waals surface area contributed by atoms with Crippen LogP contribution < -0.4 is 14.8 Å². The summed E-state index contributed by atoms with van der Waals surface area (Å²) in [7, 11) is 1.63. The maximum Gasteiger partial charge on any atom is 0.234 e. The minimum atomic E-state index is -0.0834. The number of thioether (sulfide) groups is 2. The first-order valence-corrected chi connectivity index (χ1v) is 11.6. The summed E-state index contributed by atoms with van der Waals surface area (Å²) >= 11 is 2.99. The van der Waals surface area contributed by atoms with Crippen LogP contribution in [0.25, 0.3) is 0 Å². The SMILES string of the molecule is CCn1c(COc2ccc(OC)cc2)nnc1SCC(=O)Nc1cccc(SC)c1. The van der Waals surface area contributed by atoms with Gasteiger partial charge in [-0.1, -0.05) is 17.8 Å². The fraction of sp³-hybridized carbons (Fsp3) is 0.286. The second-order valence-corrected chi connectivity index (χ2v) is 8.00. The molecular weight excluding hydrogens is 420 g/mol. The molecule has 0 bridgehead atoms. The largest absolute Gasteiger partial charge is 0.497 e. The van der Waals surface area contributed by atoms with Crippen molar-refractivity contribution in [2.45, 2.75) is 30.1 Å². The Morgan fingerprint density at radius 2 is 1.90 bits per heavy atom. The average Bonchev–Trinajstić information content (AvgIpc) is 3.18. The summed E-state index contributed by atoms with van der Waals surface area (Å²) in [4.78, 5) is 13.4. The lowest BCUT2D eigenvalue weighted by atomic mass is 10.3. The van der Waals surface area contributed by atoms with Gasteiger partial charge in [0.25, 0.3) is 0 Å². The predicted molar refractivity (Wildman–Crippen MR) is 121 cm³/mol. The van der Waals surface area contributed by atoms with Crippen LogP contribution in [0.2, 0.25) is 0 Å². The van der Waals surface area contributed by atoms with Crippen LogP contribution in [0.3, 0.4) is 0 Å². The van der Waals surface area contributed by atoms with Crippen molar-refractivity contribution >= 4 is 35.1 Å². The Kier molecular flexibility index (Phi) is 8.04. The number of methoxy groups -OCH3 is 1. The number of carbonyl (C=O) groups excluding carboxylic acids is 1. The number of nitrogens with zero attached hydrogens (tertiary/aromatic N) is 3. The summed E-state index contributed by atoms with van der Waals surface area (Å²) in [5.74, 6) is 2.38. The minimum absolute atomic E-state index is 0.0834. The van der Waals surface area contributed by atoms with Gasteiger partial charge >= 0.3 is 0 Å². The van der Waals surface area contributed by atoms with Crippen molar-refractivity contribution in [3.8, 4) is 11.5 Å². The van der Waals surface area contributed by atoms with Crippen LogP contribution in [-0.4, -0.2) is 39.8 Å². The molecule has 3 aromatic rings. The Labute approximate surface area is 184 Å². The summed E-state index contributed by atoms with van der Waals surface area (Å²) in [6.45, 7) is 2.99. The zero-order chi connectivity index (χ0) is 21.3. The Morgan fingerprint density at radius 3 is 2.60 bits per heavy atom. The highest BCUT2D eigenvalue weighted by Gasteiger charge is 2.14. The van der Waals surface area contributed by atoms with E-state index in [4.69, 9.17) is 9.47 Å². The number of carbonyl (C=O) groups is 1. The Hall–Kier alpha value is -2.65. The molecule has 3 rings (SSSR count). The highest BCUT2D eigenvalue weighted by Crippen LogP contribution is 2.22. The first-order valence-electron chi connectivity index (χ1n) is 9.38. The Morgan fingerprint density at radius 1 is 1.13 bits per heavy atom. The first kappa shape index (κ1) is 22.0. The van der Waals surface area contributed by atoms with E-state index in [1.54, 1.807) is 18.9 Å². The van der Waals surface area contributed by atoms with E-state index in [9.17, 15) is 4.79 Å². The van der Waals surface area contributed by atoms with E-state index in [0.29, 0.717) is 24.1 Å². The number of aromatic nitrogens is 3. The lowest BCUT2D eigenvalue weighted by Crippen LogP contribution is -2.15. The predicted octanol–water partition coefficient (Wildman–Crippen LogP) is 4.34. The monoisotopic (exact) mass is 444 g/mol. The Bertz CT molecular complexity index is 977. The van der Waals surface area contributed by atoms with Gasteiger partial charge in [0.15, 0.2) is 11.0 Å². The fourth-order valence-electron chi connectivity index (χ4n) is 2.70. The highest BCUT2D eigenvalue weighted by atomic mass is 32.2. The van der Waals surface area contributed by atoms with Crippen molar-refractivity contribution in [3.05, 3.63) is 54.4 Å². The van der Waals surface area contributed by atoms with Gasteiger partial charge in [-0.2, -0.15) is 0 Å². The molecule has 0 aliphatic rings. The molecule has 30 heavy (non-hydrogen) atoms. The van der Waals surface area contributed by atoms with Crippen molar-refractivity contribution in [1.82, 2.24) is 14.8 Å². The first-order chi connectivity index (χ1) is 14.6. The smallest absolute Gasteiger partial charge is 0.234 e. The van der Waals surface area contributed by atoms with Crippen molar-refractivity contribution < 1.29 is 14.3 Å². The maximum absolute atomic E-state index is 12.3. The zero-order valence-electron chi connectivity index (χ0n) is 17.1. The molecule has 0 saturated carbocycles. The van der Waals surface area contributed by atoms with Gasteiger partial charge in [-0.3, -0.25) is 4.79 Å². The van der Waals surface area contributed by atoms with E-state index in [2.05, 4.69) is 15.5 Å². The molecule has 1 heterocycles. The van der Waals surface area contributed by atoms with Crippen LogP contribution in [0.15, 0.2) is 58.6 Å². The molecule has 0 atom stereocenters. The zero-order valence-corrected chi connectivity index (χ0v) is 18.8. The maximum atomic E-state index is 12.3. The van der Waals surface area contributed by atoms with Crippen molar-refractivity contribution in [1.29, 1.82) is 0 Å². The van der Waals surface area contributed by atoms with Crippen molar-refractivity contribution in [2.24, 2.45) is 0 Å². The normalized spacial score (nSPS) is 10.6. The second kappa shape index (κ2) is 10.9. The summed E-state index contributed by atoms with van der Waals surface area (Å²) < 4.78 is 12.9. The number of hydrogen-bond donors (Lipinski definition) is 1. The highest BCUT2D eigenvalue weighted by molar-refractivity contribution is 7.99. The van der Waals surface area contributed by atoms with Gasteiger partial charge in [0, 0.05) is 17.1 Å². The molecule has 7 nitrogen and oxygen atoms in total. The van der Waals surface area contributed by atoms with E-state index < -0.39 is 0 Å². The van der Waals surface area contributed by atoms with Crippen LogP contribution in [0, 0.1) is 0 Å². The number of rotatable bonds is 10. The van der Waals surface area contributed by atoms with Gasteiger partial charge in [0.05, 0.1) is 12.9 Å². The molecule has 0 spiro atoms. The third kappa shape index (κ3) is 5.93. The van der Waals surface area contributed by atoms with Crippen LogP contribution >= 0.6 is 23.5 Å². The van der Waals surface area contributed by atoms with Crippen LogP contribution in [0.4, 0.5) is 5.69 Å². The van der Waals surface area contributed by atoms with Gasteiger partial charge in [-0.25, -0.2) is 0 Å². The van der Waals surface area contributed by atoms with E-state index in [-0.39, 0.29) is 11.7 Å². The van der Waals surface area contributed by atoms with Crippen LogP contribution in [-0.2, 0) is 17.9 Å². The van der Waals surface area contributed by atoms with Gasteiger partial charge in [0.2, 0.25) is 5.91 Å². The number of ether oxygens (including phenoxy) is 2.